The van der Waals surface area contributed by atoms with Crippen LogP contribution in [0.15, 0.2) is 36.4 Å². The SMILES string of the molecule is COc1ccc2cc([C@]3(C)NC(=O)N(CC(=O)NC4CCCCC4)C3=O)ccc2c1. The highest BCUT2D eigenvalue weighted by molar-refractivity contribution is 6.09. The second kappa shape index (κ2) is 7.97. The Bertz CT molecular complexity index is 999. The number of benzene rings is 2. The van der Waals surface area contributed by atoms with Crippen LogP contribution in [0.1, 0.15) is 44.6 Å². The van der Waals surface area contributed by atoms with Crippen LogP contribution in [-0.4, -0.2) is 42.4 Å². The zero-order chi connectivity index (χ0) is 21.3. The highest BCUT2D eigenvalue weighted by Gasteiger charge is 2.49. The maximum atomic E-state index is 13.1. The van der Waals surface area contributed by atoms with E-state index in [1.54, 1.807) is 14.0 Å². The van der Waals surface area contributed by atoms with E-state index < -0.39 is 17.5 Å². The molecule has 2 N–H and O–H groups in total. The van der Waals surface area contributed by atoms with Crippen LogP contribution in [0, 0.1) is 0 Å². The van der Waals surface area contributed by atoms with E-state index in [4.69, 9.17) is 4.74 Å². The van der Waals surface area contributed by atoms with Gasteiger partial charge in [-0.15, -0.1) is 0 Å². The first-order valence-electron chi connectivity index (χ1n) is 10.4. The van der Waals surface area contributed by atoms with Gasteiger partial charge >= 0.3 is 6.03 Å². The third kappa shape index (κ3) is 3.72. The van der Waals surface area contributed by atoms with Crippen molar-refractivity contribution in [3.8, 4) is 5.75 Å². The number of nitrogens with one attached hydrogen (secondary N) is 2. The van der Waals surface area contributed by atoms with Crippen molar-refractivity contribution in [3.63, 3.8) is 0 Å². The molecule has 0 spiro atoms. The Balaban J connectivity index is 1.51. The van der Waals surface area contributed by atoms with Gasteiger partial charge in [0.05, 0.1) is 7.11 Å². The zero-order valence-electron chi connectivity index (χ0n) is 17.4. The number of methoxy groups -OCH3 is 1. The second-order valence-corrected chi connectivity index (χ2v) is 8.28. The number of carbonyl (C=O) groups is 3. The topological polar surface area (TPSA) is 87.7 Å². The third-order valence-electron chi connectivity index (χ3n) is 6.17. The van der Waals surface area contributed by atoms with Crippen LogP contribution in [0.3, 0.4) is 0 Å². The number of urea groups is 1. The lowest BCUT2D eigenvalue weighted by Crippen LogP contribution is -2.45. The summed E-state index contributed by atoms with van der Waals surface area (Å²) < 4.78 is 5.25. The standard InChI is InChI=1S/C23H27N3O4/c1-23(17-10-8-16-13-19(30-2)11-9-15(16)12-17)21(28)26(22(29)25-23)14-20(27)24-18-6-4-3-5-7-18/h8-13,18H,3-7,14H2,1-2H3,(H,24,27)(H,25,29)/t23-/m0/s1. The van der Waals surface area contributed by atoms with Crippen LogP contribution < -0.4 is 15.4 Å². The molecule has 30 heavy (non-hydrogen) atoms. The van der Waals surface area contributed by atoms with Gasteiger partial charge in [-0.1, -0.05) is 37.5 Å². The summed E-state index contributed by atoms with van der Waals surface area (Å²) in [5, 5.41) is 7.65. The first kappa shape index (κ1) is 20.2. The Morgan fingerprint density at radius 3 is 2.57 bits per heavy atom. The number of hydrogen-bond donors (Lipinski definition) is 2. The van der Waals surface area contributed by atoms with E-state index in [9.17, 15) is 14.4 Å². The molecule has 4 amide bonds. The van der Waals surface area contributed by atoms with Crippen molar-refractivity contribution in [1.29, 1.82) is 0 Å². The fourth-order valence-electron chi connectivity index (χ4n) is 4.36. The molecule has 0 aromatic heterocycles. The summed E-state index contributed by atoms with van der Waals surface area (Å²) in [5.74, 6) is 0.0428. The van der Waals surface area contributed by atoms with E-state index in [1.165, 1.54) is 6.42 Å². The van der Waals surface area contributed by atoms with E-state index in [0.29, 0.717) is 5.56 Å². The van der Waals surface area contributed by atoms with Gasteiger partial charge in [0.25, 0.3) is 5.91 Å². The largest absolute Gasteiger partial charge is 0.497 e. The minimum absolute atomic E-state index is 0.135. The molecule has 0 radical (unpaired) electrons. The van der Waals surface area contributed by atoms with E-state index in [2.05, 4.69) is 10.6 Å². The van der Waals surface area contributed by atoms with Crippen molar-refractivity contribution in [2.24, 2.45) is 0 Å². The van der Waals surface area contributed by atoms with Gasteiger partial charge in [0.2, 0.25) is 5.91 Å². The average molecular weight is 409 g/mol. The van der Waals surface area contributed by atoms with Gasteiger partial charge < -0.3 is 15.4 Å². The molecule has 2 aromatic carbocycles. The maximum absolute atomic E-state index is 13.1. The molecule has 2 aromatic rings. The van der Waals surface area contributed by atoms with Crippen LogP contribution in [0.4, 0.5) is 4.79 Å². The quantitative estimate of drug-likeness (QED) is 0.743. The molecular formula is C23H27N3O4. The molecule has 0 bridgehead atoms. The smallest absolute Gasteiger partial charge is 0.325 e. The molecule has 158 valence electrons. The maximum Gasteiger partial charge on any atom is 0.325 e. The van der Waals surface area contributed by atoms with Gasteiger partial charge in [0, 0.05) is 6.04 Å². The summed E-state index contributed by atoms with van der Waals surface area (Å²) in [7, 11) is 1.61. The van der Waals surface area contributed by atoms with E-state index in [-0.39, 0.29) is 18.5 Å². The number of rotatable bonds is 5. The van der Waals surface area contributed by atoms with Gasteiger partial charge in [-0.05, 0) is 54.3 Å². The van der Waals surface area contributed by atoms with Crippen LogP contribution in [0.25, 0.3) is 10.8 Å². The fourth-order valence-corrected chi connectivity index (χ4v) is 4.36. The first-order chi connectivity index (χ1) is 14.4. The van der Waals surface area contributed by atoms with Crippen molar-refractivity contribution >= 4 is 28.6 Å². The monoisotopic (exact) mass is 409 g/mol. The first-order valence-corrected chi connectivity index (χ1v) is 10.4. The molecule has 1 saturated carbocycles. The molecule has 4 rings (SSSR count). The van der Waals surface area contributed by atoms with Crippen molar-refractivity contribution in [2.45, 2.75) is 50.6 Å². The highest BCUT2D eigenvalue weighted by atomic mass is 16.5. The van der Waals surface area contributed by atoms with Crippen LogP contribution >= 0.6 is 0 Å². The lowest BCUT2D eigenvalue weighted by molar-refractivity contribution is -0.135. The molecule has 1 aliphatic carbocycles. The predicted molar refractivity (Wildman–Crippen MR) is 113 cm³/mol. The number of imide groups is 1. The highest BCUT2D eigenvalue weighted by Crippen LogP contribution is 2.32. The Labute approximate surface area is 175 Å². The molecule has 7 nitrogen and oxygen atoms in total. The number of amides is 4. The predicted octanol–water partition coefficient (Wildman–Crippen LogP) is 3.06. The summed E-state index contributed by atoms with van der Waals surface area (Å²) in [5.41, 5.74) is -0.537. The van der Waals surface area contributed by atoms with E-state index in [1.807, 2.05) is 36.4 Å². The fraction of sp³-hybridized carbons (Fsp3) is 0.435. The summed E-state index contributed by atoms with van der Waals surface area (Å²) >= 11 is 0. The average Bonchev–Trinajstić information content (AvgIpc) is 2.97. The summed E-state index contributed by atoms with van der Waals surface area (Å²) in [6, 6.07) is 10.9. The number of nitrogens with zero attached hydrogens (tertiary/aromatic N) is 1. The lowest BCUT2D eigenvalue weighted by atomic mass is 9.90. The molecule has 2 aliphatic rings. The normalized spacial score (nSPS) is 22.3. The Hall–Kier alpha value is -3.09. The van der Waals surface area contributed by atoms with Crippen molar-refractivity contribution in [1.82, 2.24) is 15.5 Å². The molecule has 7 heteroatoms. The van der Waals surface area contributed by atoms with E-state index >= 15 is 0 Å². The van der Waals surface area contributed by atoms with Crippen LogP contribution in [-0.2, 0) is 15.1 Å². The Kier molecular flexibility index (Phi) is 5.37. The molecule has 1 heterocycles. The minimum atomic E-state index is -1.21. The van der Waals surface area contributed by atoms with Crippen molar-refractivity contribution in [3.05, 3.63) is 42.0 Å². The number of hydrogen-bond acceptors (Lipinski definition) is 4. The minimum Gasteiger partial charge on any atom is -0.497 e. The number of ether oxygens (including phenoxy) is 1. The van der Waals surface area contributed by atoms with Gasteiger partial charge in [0.1, 0.15) is 17.8 Å². The van der Waals surface area contributed by atoms with E-state index in [0.717, 1.165) is 47.1 Å². The Morgan fingerprint density at radius 2 is 1.83 bits per heavy atom. The molecule has 1 saturated heterocycles. The van der Waals surface area contributed by atoms with Crippen molar-refractivity contribution in [2.75, 3.05) is 13.7 Å². The molecule has 1 atom stereocenters. The molecule has 2 fully saturated rings. The Morgan fingerprint density at radius 1 is 1.13 bits per heavy atom. The lowest BCUT2D eigenvalue weighted by Gasteiger charge is -2.24. The summed E-state index contributed by atoms with van der Waals surface area (Å²) in [4.78, 5) is 39.1. The second-order valence-electron chi connectivity index (χ2n) is 8.28. The van der Waals surface area contributed by atoms with Crippen molar-refractivity contribution < 1.29 is 19.1 Å². The zero-order valence-corrected chi connectivity index (χ0v) is 17.4. The van der Waals surface area contributed by atoms with Gasteiger partial charge in [-0.3, -0.25) is 14.5 Å². The summed E-state index contributed by atoms with van der Waals surface area (Å²) in [6.07, 6.45) is 5.28. The molecule has 0 unspecified atom stereocenters. The third-order valence-corrected chi connectivity index (χ3v) is 6.17. The van der Waals surface area contributed by atoms with Crippen LogP contribution in [0.5, 0.6) is 5.75 Å². The number of carbonyl (C=O) groups excluding carboxylic acids is 3. The van der Waals surface area contributed by atoms with Gasteiger partial charge in [-0.25, -0.2) is 4.79 Å². The molecule has 1 aliphatic heterocycles. The molecular weight excluding hydrogens is 382 g/mol. The van der Waals surface area contributed by atoms with Gasteiger partial charge in [-0.2, -0.15) is 0 Å². The number of fused-ring (bicyclic) bond motifs is 1. The van der Waals surface area contributed by atoms with Gasteiger partial charge in [0.15, 0.2) is 0 Å². The summed E-state index contributed by atoms with van der Waals surface area (Å²) in [6.45, 7) is 1.42. The van der Waals surface area contributed by atoms with Crippen LogP contribution in [0.2, 0.25) is 0 Å².